The summed E-state index contributed by atoms with van der Waals surface area (Å²) in [4.78, 5) is 4.80. The molecule has 2 fully saturated rings. The number of alkyl halides is 3. The van der Waals surface area contributed by atoms with E-state index in [9.17, 15) is 13.2 Å². The van der Waals surface area contributed by atoms with E-state index in [4.69, 9.17) is 4.74 Å². The number of halogens is 3. The Bertz CT molecular complexity index is 529. The lowest BCUT2D eigenvalue weighted by molar-refractivity contribution is -0.137. The van der Waals surface area contributed by atoms with Crippen LogP contribution < -0.4 is 0 Å². The molecule has 0 aliphatic carbocycles. The smallest absolute Gasteiger partial charge is 0.371 e. The van der Waals surface area contributed by atoms with E-state index in [-0.39, 0.29) is 6.10 Å². The molecular formula is C18H25F3N2O. The fourth-order valence-corrected chi connectivity index (χ4v) is 3.55. The van der Waals surface area contributed by atoms with Gasteiger partial charge in [0.2, 0.25) is 0 Å². The summed E-state index contributed by atoms with van der Waals surface area (Å²) >= 11 is 0. The lowest BCUT2D eigenvalue weighted by Gasteiger charge is -2.33. The average molecular weight is 342 g/mol. The number of benzene rings is 1. The third kappa shape index (κ3) is 4.71. The van der Waals surface area contributed by atoms with Crippen LogP contribution in [0.4, 0.5) is 13.2 Å². The van der Waals surface area contributed by atoms with Gasteiger partial charge in [-0.3, -0.25) is 4.90 Å². The maximum Gasteiger partial charge on any atom is 0.416 e. The highest BCUT2D eigenvalue weighted by molar-refractivity contribution is 5.27. The number of nitrogens with zero attached hydrogens (tertiary/aromatic N) is 2. The minimum Gasteiger partial charge on any atom is -0.371 e. The van der Waals surface area contributed by atoms with Crippen molar-refractivity contribution in [3.63, 3.8) is 0 Å². The van der Waals surface area contributed by atoms with Gasteiger partial charge >= 0.3 is 6.18 Å². The van der Waals surface area contributed by atoms with Crippen molar-refractivity contribution < 1.29 is 17.9 Å². The van der Waals surface area contributed by atoms with Gasteiger partial charge in [-0.05, 0) is 63.1 Å². The second-order valence-corrected chi connectivity index (χ2v) is 6.69. The summed E-state index contributed by atoms with van der Waals surface area (Å²) in [7, 11) is 0. The topological polar surface area (TPSA) is 15.7 Å². The zero-order chi connectivity index (χ0) is 17.0. The van der Waals surface area contributed by atoms with Crippen LogP contribution in [-0.2, 0) is 10.9 Å². The molecule has 24 heavy (non-hydrogen) atoms. The molecule has 134 valence electrons. The van der Waals surface area contributed by atoms with Crippen LogP contribution in [0.1, 0.15) is 36.5 Å². The molecule has 0 bridgehead atoms. The van der Waals surface area contributed by atoms with E-state index in [0.717, 1.165) is 32.1 Å². The lowest BCUT2D eigenvalue weighted by Crippen LogP contribution is -2.39. The molecule has 0 N–H and O–H groups in total. The van der Waals surface area contributed by atoms with E-state index in [1.54, 1.807) is 6.07 Å². The van der Waals surface area contributed by atoms with Crippen molar-refractivity contribution in [2.24, 2.45) is 0 Å². The maximum atomic E-state index is 12.9. The standard InChI is InChI=1S/C18H25F3N2O/c19-18(20,21)16-6-3-5-15(13-16)17-14-23(11-12-24-17)10-4-9-22-7-1-2-8-22/h3,5-6,13,17H,1-2,4,7-12,14H2/t17-/m0/s1. The first kappa shape index (κ1) is 17.7. The van der Waals surface area contributed by atoms with Crippen molar-refractivity contribution in [3.8, 4) is 0 Å². The van der Waals surface area contributed by atoms with Crippen molar-refractivity contribution in [2.75, 3.05) is 45.9 Å². The fraction of sp³-hybridized carbons (Fsp3) is 0.667. The monoisotopic (exact) mass is 342 g/mol. The van der Waals surface area contributed by atoms with Gasteiger partial charge < -0.3 is 9.64 Å². The quantitative estimate of drug-likeness (QED) is 0.814. The molecule has 1 aromatic rings. The van der Waals surface area contributed by atoms with E-state index < -0.39 is 11.7 Å². The van der Waals surface area contributed by atoms with Gasteiger partial charge in [-0.15, -0.1) is 0 Å². The molecule has 0 amide bonds. The molecule has 1 aromatic carbocycles. The van der Waals surface area contributed by atoms with Crippen molar-refractivity contribution in [1.29, 1.82) is 0 Å². The van der Waals surface area contributed by atoms with Crippen LogP contribution >= 0.6 is 0 Å². The summed E-state index contributed by atoms with van der Waals surface area (Å²) in [5.41, 5.74) is 0.0174. The summed E-state index contributed by atoms with van der Waals surface area (Å²) in [6.45, 7) is 6.61. The van der Waals surface area contributed by atoms with E-state index in [0.29, 0.717) is 18.7 Å². The fourth-order valence-electron chi connectivity index (χ4n) is 3.55. The predicted octanol–water partition coefficient (Wildman–Crippen LogP) is 3.56. The number of morpholine rings is 1. The van der Waals surface area contributed by atoms with Crippen molar-refractivity contribution in [2.45, 2.75) is 31.5 Å². The van der Waals surface area contributed by atoms with E-state index in [1.165, 1.54) is 38.1 Å². The Hall–Kier alpha value is -1.11. The number of likely N-dealkylation sites (tertiary alicyclic amines) is 1. The summed E-state index contributed by atoms with van der Waals surface area (Å²) in [6.07, 6.45) is -0.868. The number of hydrogen-bond donors (Lipinski definition) is 0. The summed E-state index contributed by atoms with van der Waals surface area (Å²) in [5.74, 6) is 0. The van der Waals surface area contributed by atoms with Crippen LogP contribution in [0.15, 0.2) is 24.3 Å². The highest BCUT2D eigenvalue weighted by Gasteiger charge is 2.31. The van der Waals surface area contributed by atoms with Crippen LogP contribution in [0.5, 0.6) is 0 Å². The Labute approximate surface area is 141 Å². The molecule has 2 heterocycles. The first-order valence-electron chi connectivity index (χ1n) is 8.76. The molecule has 6 heteroatoms. The Kier molecular flexibility index (Phi) is 5.79. The molecule has 3 rings (SSSR count). The van der Waals surface area contributed by atoms with Gasteiger partial charge in [0, 0.05) is 13.1 Å². The van der Waals surface area contributed by atoms with Crippen LogP contribution in [0.25, 0.3) is 0 Å². The first-order valence-corrected chi connectivity index (χ1v) is 8.76. The Morgan fingerprint density at radius 1 is 1.04 bits per heavy atom. The van der Waals surface area contributed by atoms with E-state index >= 15 is 0 Å². The van der Waals surface area contributed by atoms with Gasteiger partial charge in [0.15, 0.2) is 0 Å². The first-order chi connectivity index (χ1) is 11.5. The largest absolute Gasteiger partial charge is 0.416 e. The van der Waals surface area contributed by atoms with Crippen LogP contribution in [0.3, 0.4) is 0 Å². The molecule has 0 radical (unpaired) electrons. The number of hydrogen-bond acceptors (Lipinski definition) is 3. The maximum absolute atomic E-state index is 12.9. The molecule has 0 spiro atoms. The minimum atomic E-state index is -4.31. The second kappa shape index (κ2) is 7.85. The molecule has 0 unspecified atom stereocenters. The summed E-state index contributed by atoms with van der Waals surface area (Å²) in [6, 6.07) is 5.53. The SMILES string of the molecule is FC(F)(F)c1cccc([C@@H]2CN(CCCN3CCCC3)CCO2)c1. The second-order valence-electron chi connectivity index (χ2n) is 6.69. The van der Waals surface area contributed by atoms with Crippen LogP contribution in [0, 0.1) is 0 Å². The van der Waals surface area contributed by atoms with Crippen molar-refractivity contribution in [1.82, 2.24) is 9.80 Å². The minimum absolute atomic E-state index is 0.271. The molecule has 0 aromatic heterocycles. The summed E-state index contributed by atoms with van der Waals surface area (Å²) in [5, 5.41) is 0. The third-order valence-corrected chi connectivity index (χ3v) is 4.88. The molecule has 1 atom stereocenters. The average Bonchev–Trinajstić information content (AvgIpc) is 3.08. The van der Waals surface area contributed by atoms with Gasteiger partial charge in [0.25, 0.3) is 0 Å². The Morgan fingerprint density at radius 2 is 1.79 bits per heavy atom. The van der Waals surface area contributed by atoms with Crippen molar-refractivity contribution >= 4 is 0 Å². The van der Waals surface area contributed by atoms with Crippen LogP contribution in [-0.4, -0.2) is 55.7 Å². The van der Waals surface area contributed by atoms with Gasteiger partial charge in [-0.25, -0.2) is 0 Å². The summed E-state index contributed by atoms with van der Waals surface area (Å²) < 4.78 is 44.3. The molecule has 2 aliphatic heterocycles. The van der Waals surface area contributed by atoms with Gasteiger partial charge in [-0.1, -0.05) is 12.1 Å². The Morgan fingerprint density at radius 3 is 2.54 bits per heavy atom. The van der Waals surface area contributed by atoms with E-state index in [1.807, 2.05) is 0 Å². The third-order valence-electron chi connectivity index (χ3n) is 4.88. The molecule has 3 nitrogen and oxygen atoms in total. The molecule has 0 saturated carbocycles. The zero-order valence-corrected chi connectivity index (χ0v) is 13.9. The van der Waals surface area contributed by atoms with Gasteiger partial charge in [0.1, 0.15) is 0 Å². The van der Waals surface area contributed by atoms with Crippen LogP contribution in [0.2, 0.25) is 0 Å². The predicted molar refractivity (Wildman–Crippen MR) is 86.9 cm³/mol. The van der Waals surface area contributed by atoms with Gasteiger partial charge in [0.05, 0.1) is 18.3 Å². The molecule has 2 aliphatic rings. The normalized spacial score (nSPS) is 23.7. The Balaban J connectivity index is 1.53. The molecule has 2 saturated heterocycles. The van der Waals surface area contributed by atoms with E-state index in [2.05, 4.69) is 9.80 Å². The highest BCUT2D eigenvalue weighted by atomic mass is 19.4. The van der Waals surface area contributed by atoms with Gasteiger partial charge in [-0.2, -0.15) is 13.2 Å². The zero-order valence-electron chi connectivity index (χ0n) is 13.9. The highest BCUT2D eigenvalue weighted by Crippen LogP contribution is 2.32. The number of ether oxygens (including phenoxy) is 1. The molecular weight excluding hydrogens is 317 g/mol. The van der Waals surface area contributed by atoms with Crippen molar-refractivity contribution in [3.05, 3.63) is 35.4 Å². The lowest BCUT2D eigenvalue weighted by atomic mass is 10.0. The number of rotatable bonds is 5.